The molecule has 0 saturated heterocycles. The fourth-order valence-electron chi connectivity index (χ4n) is 1.96. The van der Waals surface area contributed by atoms with Crippen LogP contribution in [-0.2, 0) is 0 Å². The minimum Gasteiger partial charge on any atom is -0.352 e. The number of nitrogens with one attached hydrogen (secondary N) is 2. The Bertz CT molecular complexity index is 583. The van der Waals surface area contributed by atoms with Crippen LogP contribution in [0.15, 0.2) is 30.5 Å². The van der Waals surface area contributed by atoms with Crippen molar-refractivity contribution in [1.29, 1.82) is 0 Å². The molecule has 2 aromatic rings. The summed E-state index contributed by atoms with van der Waals surface area (Å²) >= 11 is 0. The number of nitrogens with zero attached hydrogens (tertiary/aromatic N) is 1. The second-order valence-electron chi connectivity index (χ2n) is 4.32. The van der Waals surface area contributed by atoms with Gasteiger partial charge < -0.3 is 10.7 Å². The Kier molecular flexibility index (Phi) is 4.30. The Labute approximate surface area is 112 Å². The quantitative estimate of drug-likeness (QED) is 0.435. The topological polar surface area (TPSA) is 80.0 Å². The lowest BCUT2D eigenvalue weighted by molar-refractivity contribution is 0.0954. The van der Waals surface area contributed by atoms with Crippen molar-refractivity contribution in [3.63, 3.8) is 0 Å². The molecule has 100 valence electrons. The number of fused-ring (bicyclic) bond motifs is 1. The Morgan fingerprint density at radius 3 is 2.74 bits per heavy atom. The van der Waals surface area contributed by atoms with E-state index in [0.29, 0.717) is 17.9 Å². The summed E-state index contributed by atoms with van der Waals surface area (Å²) in [6, 6.07) is 7.57. The molecule has 5 heteroatoms. The van der Waals surface area contributed by atoms with Crippen LogP contribution < -0.4 is 16.6 Å². The number of hydrogen-bond donors (Lipinski definition) is 3. The Morgan fingerprint density at radius 2 is 2.05 bits per heavy atom. The summed E-state index contributed by atoms with van der Waals surface area (Å²) in [4.78, 5) is 16.3. The maximum atomic E-state index is 12.1. The van der Waals surface area contributed by atoms with Gasteiger partial charge in [0.15, 0.2) is 0 Å². The first-order valence-corrected chi connectivity index (χ1v) is 6.40. The first-order chi connectivity index (χ1) is 9.27. The lowest BCUT2D eigenvalue weighted by Crippen LogP contribution is -2.25. The number of unbranched alkanes of at least 4 members (excludes halogenated alkanes) is 1. The molecule has 0 unspecified atom stereocenters. The second-order valence-corrected chi connectivity index (χ2v) is 4.32. The van der Waals surface area contributed by atoms with Gasteiger partial charge in [-0.15, -0.1) is 0 Å². The first-order valence-electron chi connectivity index (χ1n) is 6.40. The minimum absolute atomic E-state index is 0.0966. The normalized spacial score (nSPS) is 10.4. The molecule has 1 aromatic heterocycles. The molecule has 0 saturated carbocycles. The van der Waals surface area contributed by atoms with Crippen LogP contribution >= 0.6 is 0 Å². The SMILES string of the molecule is CCCCNC(=O)c1cnc(NN)c2ccccc12. The highest BCUT2D eigenvalue weighted by atomic mass is 16.1. The smallest absolute Gasteiger partial charge is 0.253 e. The monoisotopic (exact) mass is 258 g/mol. The summed E-state index contributed by atoms with van der Waals surface area (Å²) in [5, 5.41) is 4.59. The number of rotatable bonds is 5. The zero-order valence-electron chi connectivity index (χ0n) is 10.9. The fourth-order valence-corrected chi connectivity index (χ4v) is 1.96. The summed E-state index contributed by atoms with van der Waals surface area (Å²) in [5.41, 5.74) is 3.12. The van der Waals surface area contributed by atoms with E-state index in [0.717, 1.165) is 23.6 Å². The Morgan fingerprint density at radius 1 is 1.32 bits per heavy atom. The molecule has 1 aromatic carbocycles. The van der Waals surface area contributed by atoms with E-state index in [9.17, 15) is 4.79 Å². The summed E-state index contributed by atoms with van der Waals surface area (Å²) < 4.78 is 0. The molecule has 19 heavy (non-hydrogen) atoms. The van der Waals surface area contributed by atoms with E-state index in [1.807, 2.05) is 24.3 Å². The average Bonchev–Trinajstić information content (AvgIpc) is 2.46. The van der Waals surface area contributed by atoms with Crippen LogP contribution in [0.5, 0.6) is 0 Å². The van der Waals surface area contributed by atoms with Gasteiger partial charge in [-0.25, -0.2) is 10.8 Å². The standard InChI is InChI=1S/C14H18N4O/c1-2-3-8-16-14(19)12-9-17-13(18-15)11-7-5-4-6-10(11)12/h4-7,9H,2-3,8,15H2,1H3,(H,16,19)(H,17,18). The number of nitrogen functional groups attached to an aromatic ring is 1. The van der Waals surface area contributed by atoms with Crippen LogP contribution in [-0.4, -0.2) is 17.4 Å². The molecule has 1 heterocycles. The maximum Gasteiger partial charge on any atom is 0.253 e. The zero-order valence-corrected chi connectivity index (χ0v) is 10.9. The number of hydrogen-bond acceptors (Lipinski definition) is 4. The number of hydrazine groups is 1. The van der Waals surface area contributed by atoms with Crippen LogP contribution in [0.2, 0.25) is 0 Å². The Hall–Kier alpha value is -2.14. The number of carbonyl (C=O) groups is 1. The van der Waals surface area contributed by atoms with Gasteiger partial charge in [0, 0.05) is 18.1 Å². The summed E-state index contributed by atoms with van der Waals surface area (Å²) in [5.74, 6) is 5.90. The van der Waals surface area contributed by atoms with Crippen molar-refractivity contribution < 1.29 is 4.79 Å². The molecule has 0 atom stereocenters. The molecule has 2 rings (SSSR count). The average molecular weight is 258 g/mol. The van der Waals surface area contributed by atoms with Crippen LogP contribution in [0, 0.1) is 0 Å². The molecule has 4 N–H and O–H groups in total. The number of benzene rings is 1. The van der Waals surface area contributed by atoms with Gasteiger partial charge in [0.1, 0.15) is 5.82 Å². The minimum atomic E-state index is -0.0966. The molecule has 1 amide bonds. The first kappa shape index (κ1) is 13.3. The van der Waals surface area contributed by atoms with E-state index >= 15 is 0 Å². The van der Waals surface area contributed by atoms with Gasteiger partial charge in [-0.05, 0) is 11.8 Å². The largest absolute Gasteiger partial charge is 0.352 e. The third-order valence-electron chi connectivity index (χ3n) is 2.99. The molecule has 0 spiro atoms. The van der Waals surface area contributed by atoms with Gasteiger partial charge in [0.25, 0.3) is 5.91 Å². The molecule has 0 bridgehead atoms. The van der Waals surface area contributed by atoms with Crippen LogP contribution in [0.3, 0.4) is 0 Å². The predicted molar refractivity (Wildman–Crippen MR) is 76.8 cm³/mol. The van der Waals surface area contributed by atoms with Gasteiger partial charge in [0.05, 0.1) is 5.56 Å². The lowest BCUT2D eigenvalue weighted by atomic mass is 10.1. The van der Waals surface area contributed by atoms with Crippen molar-refractivity contribution in [2.75, 3.05) is 12.0 Å². The van der Waals surface area contributed by atoms with E-state index in [-0.39, 0.29) is 5.91 Å². The van der Waals surface area contributed by atoms with Crippen molar-refractivity contribution in [2.24, 2.45) is 5.84 Å². The van der Waals surface area contributed by atoms with Gasteiger partial charge in [-0.1, -0.05) is 37.6 Å². The molecular weight excluding hydrogens is 240 g/mol. The predicted octanol–water partition coefficient (Wildman–Crippen LogP) is 2.05. The van der Waals surface area contributed by atoms with Gasteiger partial charge in [-0.2, -0.15) is 0 Å². The van der Waals surface area contributed by atoms with Crippen LogP contribution in [0.1, 0.15) is 30.1 Å². The van der Waals surface area contributed by atoms with Crippen molar-refractivity contribution >= 4 is 22.5 Å². The molecule has 0 aliphatic heterocycles. The maximum absolute atomic E-state index is 12.1. The highest BCUT2D eigenvalue weighted by molar-refractivity contribution is 6.09. The van der Waals surface area contributed by atoms with E-state index < -0.39 is 0 Å². The molecule has 0 aliphatic rings. The molecule has 0 aliphatic carbocycles. The third-order valence-corrected chi connectivity index (χ3v) is 2.99. The highest BCUT2D eigenvalue weighted by Gasteiger charge is 2.12. The lowest BCUT2D eigenvalue weighted by Gasteiger charge is -2.10. The number of anilines is 1. The van der Waals surface area contributed by atoms with Gasteiger partial charge in [0.2, 0.25) is 0 Å². The van der Waals surface area contributed by atoms with Crippen molar-refractivity contribution in [3.8, 4) is 0 Å². The number of carbonyl (C=O) groups excluding carboxylic acids is 1. The summed E-state index contributed by atoms with van der Waals surface area (Å²) in [7, 11) is 0. The fraction of sp³-hybridized carbons (Fsp3) is 0.286. The number of aromatic nitrogens is 1. The van der Waals surface area contributed by atoms with Crippen molar-refractivity contribution in [2.45, 2.75) is 19.8 Å². The molecular formula is C14H18N4O. The van der Waals surface area contributed by atoms with Gasteiger partial charge in [-0.3, -0.25) is 4.79 Å². The Balaban J connectivity index is 2.36. The molecule has 0 fully saturated rings. The van der Waals surface area contributed by atoms with Crippen LogP contribution in [0.25, 0.3) is 10.8 Å². The number of pyridine rings is 1. The van der Waals surface area contributed by atoms with Crippen molar-refractivity contribution in [3.05, 3.63) is 36.0 Å². The molecule has 5 nitrogen and oxygen atoms in total. The number of nitrogens with two attached hydrogens (primary N) is 1. The summed E-state index contributed by atoms with van der Waals surface area (Å²) in [6.45, 7) is 2.77. The second kappa shape index (κ2) is 6.15. The van der Waals surface area contributed by atoms with E-state index in [1.165, 1.54) is 0 Å². The highest BCUT2D eigenvalue weighted by Crippen LogP contribution is 2.23. The van der Waals surface area contributed by atoms with Gasteiger partial charge >= 0.3 is 0 Å². The van der Waals surface area contributed by atoms with E-state index in [2.05, 4.69) is 22.7 Å². The van der Waals surface area contributed by atoms with E-state index in [1.54, 1.807) is 6.20 Å². The molecule has 0 radical (unpaired) electrons. The van der Waals surface area contributed by atoms with Crippen LogP contribution in [0.4, 0.5) is 5.82 Å². The number of amides is 1. The zero-order chi connectivity index (χ0) is 13.7. The third kappa shape index (κ3) is 2.82. The van der Waals surface area contributed by atoms with Crippen molar-refractivity contribution in [1.82, 2.24) is 10.3 Å². The van der Waals surface area contributed by atoms with E-state index in [4.69, 9.17) is 5.84 Å². The summed E-state index contributed by atoms with van der Waals surface area (Å²) in [6.07, 6.45) is 3.58.